The summed E-state index contributed by atoms with van der Waals surface area (Å²) in [6, 6.07) is 1.37. The summed E-state index contributed by atoms with van der Waals surface area (Å²) in [6.07, 6.45) is 3.53. The van der Waals surface area contributed by atoms with Crippen molar-refractivity contribution in [2.24, 2.45) is 0 Å². The van der Waals surface area contributed by atoms with E-state index in [1.165, 1.54) is 6.07 Å². The van der Waals surface area contributed by atoms with E-state index in [-0.39, 0.29) is 10.6 Å². The molecule has 1 aliphatic carbocycles. The zero-order valence-electron chi connectivity index (χ0n) is 11.1. The molecule has 0 bridgehead atoms. The molecule has 1 fully saturated rings. The van der Waals surface area contributed by atoms with Crippen LogP contribution >= 0.6 is 38.9 Å². The maximum Gasteiger partial charge on any atom is 0.305 e. The molecule has 9 heteroatoms. The fourth-order valence-corrected chi connectivity index (χ4v) is 6.48. The molecule has 1 aliphatic rings. The minimum atomic E-state index is -3.77. The molecular formula is C12H15BrClNO4S2. The third-order valence-electron chi connectivity index (χ3n) is 3.54. The number of aliphatic carboxylic acids is 1. The molecule has 1 aromatic rings. The number of carboxylic acids is 1. The highest BCUT2D eigenvalue weighted by atomic mass is 79.9. The van der Waals surface area contributed by atoms with E-state index in [0.29, 0.717) is 21.7 Å². The molecule has 1 saturated carbocycles. The summed E-state index contributed by atoms with van der Waals surface area (Å²) >= 11 is 10.1. The summed E-state index contributed by atoms with van der Waals surface area (Å²) in [7, 11) is -3.77. The number of thiophene rings is 1. The van der Waals surface area contributed by atoms with Gasteiger partial charge in [0, 0.05) is 5.54 Å². The van der Waals surface area contributed by atoms with Crippen LogP contribution in [0.1, 0.15) is 38.5 Å². The van der Waals surface area contributed by atoms with Gasteiger partial charge in [0.1, 0.15) is 4.21 Å². The summed E-state index contributed by atoms with van der Waals surface area (Å²) in [4.78, 5) is 11.1. The van der Waals surface area contributed by atoms with Crippen molar-refractivity contribution in [3.05, 3.63) is 14.9 Å². The number of rotatable bonds is 5. The maximum absolute atomic E-state index is 12.5. The molecule has 0 aromatic carbocycles. The fraction of sp³-hybridized carbons (Fsp3) is 0.583. The Hall–Kier alpha value is -0.150. The van der Waals surface area contributed by atoms with Gasteiger partial charge in [-0.25, -0.2) is 13.1 Å². The van der Waals surface area contributed by atoms with E-state index < -0.39 is 21.5 Å². The van der Waals surface area contributed by atoms with Gasteiger partial charge in [0.05, 0.1) is 15.2 Å². The zero-order valence-corrected chi connectivity index (χ0v) is 15.0. The third kappa shape index (κ3) is 4.19. The normalized spacial score (nSPS) is 18.6. The summed E-state index contributed by atoms with van der Waals surface area (Å²) in [5.41, 5.74) is -0.897. The molecule has 2 rings (SSSR count). The van der Waals surface area contributed by atoms with Gasteiger partial charge < -0.3 is 5.11 Å². The number of carboxylic acid groups (broad SMARTS) is 1. The topological polar surface area (TPSA) is 83.5 Å². The van der Waals surface area contributed by atoms with E-state index in [9.17, 15) is 13.2 Å². The highest BCUT2D eigenvalue weighted by Gasteiger charge is 2.39. The van der Waals surface area contributed by atoms with Crippen LogP contribution in [-0.4, -0.2) is 25.0 Å². The van der Waals surface area contributed by atoms with Crippen LogP contribution in [0.2, 0.25) is 5.02 Å². The van der Waals surface area contributed by atoms with Crippen molar-refractivity contribution in [2.45, 2.75) is 48.3 Å². The van der Waals surface area contributed by atoms with Gasteiger partial charge in [0.25, 0.3) is 10.0 Å². The molecule has 0 atom stereocenters. The molecule has 21 heavy (non-hydrogen) atoms. The third-order valence-corrected chi connectivity index (χ3v) is 8.07. The van der Waals surface area contributed by atoms with Gasteiger partial charge in [-0.3, -0.25) is 4.79 Å². The van der Waals surface area contributed by atoms with Crippen molar-refractivity contribution in [1.82, 2.24) is 4.72 Å². The van der Waals surface area contributed by atoms with Gasteiger partial charge in [-0.15, -0.1) is 11.3 Å². The Morgan fingerprint density at radius 1 is 1.43 bits per heavy atom. The Labute approximate surface area is 140 Å². The summed E-state index contributed by atoms with van der Waals surface area (Å²) in [6.45, 7) is 0. The van der Waals surface area contributed by atoms with E-state index in [4.69, 9.17) is 16.7 Å². The maximum atomic E-state index is 12.5. The van der Waals surface area contributed by atoms with Crippen molar-refractivity contribution in [3.8, 4) is 0 Å². The van der Waals surface area contributed by atoms with E-state index in [0.717, 1.165) is 30.6 Å². The lowest BCUT2D eigenvalue weighted by molar-refractivity contribution is -0.138. The molecule has 0 saturated heterocycles. The number of hydrogen-bond donors (Lipinski definition) is 2. The van der Waals surface area contributed by atoms with Gasteiger partial charge >= 0.3 is 5.97 Å². The first-order chi connectivity index (χ1) is 9.74. The first-order valence-corrected chi connectivity index (χ1v) is 9.92. The Morgan fingerprint density at radius 3 is 2.52 bits per heavy atom. The largest absolute Gasteiger partial charge is 0.481 e. The van der Waals surface area contributed by atoms with E-state index in [1.54, 1.807) is 0 Å². The van der Waals surface area contributed by atoms with Gasteiger partial charge in [-0.05, 0) is 34.8 Å². The fourth-order valence-electron chi connectivity index (χ4n) is 2.63. The molecule has 2 N–H and O–H groups in total. The summed E-state index contributed by atoms with van der Waals surface area (Å²) in [5, 5.41) is 9.42. The Bertz CT molecular complexity index is 618. The number of hydrogen-bond acceptors (Lipinski definition) is 4. The van der Waals surface area contributed by atoms with Crippen LogP contribution in [0.4, 0.5) is 0 Å². The van der Waals surface area contributed by atoms with Gasteiger partial charge in [-0.1, -0.05) is 30.9 Å². The second-order valence-corrected chi connectivity index (χ2v) is 9.89. The average molecular weight is 417 g/mol. The van der Waals surface area contributed by atoms with Crippen LogP contribution < -0.4 is 4.72 Å². The Balaban J connectivity index is 2.28. The van der Waals surface area contributed by atoms with E-state index in [1.807, 2.05) is 0 Å². The van der Waals surface area contributed by atoms with Crippen molar-refractivity contribution in [1.29, 1.82) is 0 Å². The van der Waals surface area contributed by atoms with Crippen molar-refractivity contribution in [2.75, 3.05) is 0 Å². The molecule has 0 radical (unpaired) electrons. The highest BCUT2D eigenvalue weighted by molar-refractivity contribution is 9.11. The number of carbonyl (C=O) groups is 1. The molecule has 0 unspecified atom stereocenters. The van der Waals surface area contributed by atoms with Crippen molar-refractivity contribution in [3.63, 3.8) is 0 Å². The van der Waals surface area contributed by atoms with Crippen LogP contribution in [0.25, 0.3) is 0 Å². The lowest BCUT2D eigenvalue weighted by Crippen LogP contribution is -2.50. The smallest absolute Gasteiger partial charge is 0.305 e. The van der Waals surface area contributed by atoms with Crippen LogP contribution in [-0.2, 0) is 14.8 Å². The predicted molar refractivity (Wildman–Crippen MR) is 85.4 cm³/mol. The number of nitrogens with one attached hydrogen (secondary N) is 1. The SMILES string of the molecule is O=C(O)CC1(NS(=O)(=O)c2cc(Cl)c(Br)s2)CCCCC1. The average Bonchev–Trinajstić information content (AvgIpc) is 2.69. The highest BCUT2D eigenvalue weighted by Crippen LogP contribution is 2.37. The summed E-state index contributed by atoms with van der Waals surface area (Å²) in [5.74, 6) is -0.995. The minimum absolute atomic E-state index is 0.0923. The van der Waals surface area contributed by atoms with E-state index in [2.05, 4.69) is 20.7 Å². The molecule has 1 aromatic heterocycles. The second-order valence-electron chi connectivity index (χ2n) is 5.20. The molecular weight excluding hydrogens is 402 g/mol. The van der Waals surface area contributed by atoms with Crippen molar-refractivity contribution >= 4 is 54.9 Å². The molecule has 1 heterocycles. The monoisotopic (exact) mass is 415 g/mol. The number of sulfonamides is 1. The molecule has 0 amide bonds. The van der Waals surface area contributed by atoms with Crippen LogP contribution in [0.5, 0.6) is 0 Å². The van der Waals surface area contributed by atoms with E-state index >= 15 is 0 Å². The molecule has 118 valence electrons. The Kier molecular flexibility index (Phi) is 5.36. The number of halogens is 2. The molecule has 0 spiro atoms. The summed E-state index contributed by atoms with van der Waals surface area (Å²) < 4.78 is 28.2. The van der Waals surface area contributed by atoms with Crippen LogP contribution in [0, 0.1) is 0 Å². The Morgan fingerprint density at radius 2 is 2.05 bits per heavy atom. The van der Waals surface area contributed by atoms with Gasteiger partial charge in [-0.2, -0.15) is 0 Å². The second kappa shape index (κ2) is 6.54. The van der Waals surface area contributed by atoms with Crippen molar-refractivity contribution < 1.29 is 18.3 Å². The quantitative estimate of drug-likeness (QED) is 0.768. The van der Waals surface area contributed by atoms with Gasteiger partial charge in [0.2, 0.25) is 0 Å². The zero-order chi connectivity index (χ0) is 15.7. The minimum Gasteiger partial charge on any atom is -0.481 e. The van der Waals surface area contributed by atoms with Gasteiger partial charge in [0.15, 0.2) is 0 Å². The predicted octanol–water partition coefficient (Wildman–Crippen LogP) is 3.62. The van der Waals surface area contributed by atoms with Crippen LogP contribution in [0.15, 0.2) is 14.1 Å². The van der Waals surface area contributed by atoms with Crippen LogP contribution in [0.3, 0.4) is 0 Å². The standard InChI is InChI=1S/C12H15BrClNO4S2/c13-11-8(14)6-10(20-11)21(18,19)15-12(7-9(16)17)4-2-1-3-5-12/h6,15H,1-5,7H2,(H,16,17). The first-order valence-electron chi connectivity index (χ1n) is 6.45. The molecule has 5 nitrogen and oxygen atoms in total. The first kappa shape index (κ1) is 17.2. The lowest BCUT2D eigenvalue weighted by Gasteiger charge is -2.36. The molecule has 0 aliphatic heterocycles. The lowest BCUT2D eigenvalue weighted by atomic mass is 9.80.